The number of benzene rings is 1. The van der Waals surface area contributed by atoms with Crippen molar-refractivity contribution in [3.63, 3.8) is 0 Å². The largest absolute Gasteiger partial charge is 0.307 e. The Morgan fingerprint density at radius 2 is 2.06 bits per heavy atom. The van der Waals surface area contributed by atoms with Gasteiger partial charge in [-0.25, -0.2) is 0 Å². The van der Waals surface area contributed by atoms with Crippen LogP contribution in [0.2, 0.25) is 0 Å². The molecule has 1 aromatic heterocycles. The topological polar surface area (TPSA) is 29.9 Å². The van der Waals surface area contributed by atoms with Crippen LogP contribution in [0, 0.1) is 6.92 Å². The molecule has 0 aliphatic carbocycles. The number of nitrogens with one attached hydrogen (secondary N) is 1. The average Bonchev–Trinajstić information content (AvgIpc) is 2.60. The molecular formula is C13H16BrN3. The molecule has 0 amide bonds. The number of rotatable bonds is 4. The maximum Gasteiger partial charge on any atom is 0.0597 e. The van der Waals surface area contributed by atoms with Crippen molar-refractivity contribution in [2.75, 3.05) is 0 Å². The van der Waals surface area contributed by atoms with Gasteiger partial charge in [0.2, 0.25) is 0 Å². The van der Waals surface area contributed by atoms with E-state index in [1.807, 2.05) is 24.7 Å². The third-order valence-electron chi connectivity index (χ3n) is 2.68. The SMILES string of the molecule is Cc1cc(CNCc2ccccc2Br)n(C)n1. The molecule has 0 fully saturated rings. The highest BCUT2D eigenvalue weighted by molar-refractivity contribution is 9.10. The lowest BCUT2D eigenvalue weighted by Gasteiger charge is -2.06. The van der Waals surface area contributed by atoms with Gasteiger partial charge in [-0.05, 0) is 24.6 Å². The van der Waals surface area contributed by atoms with Crippen molar-refractivity contribution < 1.29 is 0 Å². The van der Waals surface area contributed by atoms with Crippen LogP contribution >= 0.6 is 15.9 Å². The molecule has 17 heavy (non-hydrogen) atoms. The molecule has 0 radical (unpaired) electrons. The molecule has 1 N–H and O–H groups in total. The van der Waals surface area contributed by atoms with Crippen LogP contribution in [-0.4, -0.2) is 9.78 Å². The lowest BCUT2D eigenvalue weighted by Crippen LogP contribution is -2.15. The summed E-state index contributed by atoms with van der Waals surface area (Å²) in [6.45, 7) is 3.70. The Morgan fingerprint density at radius 1 is 1.29 bits per heavy atom. The van der Waals surface area contributed by atoms with Crippen LogP contribution < -0.4 is 5.32 Å². The van der Waals surface area contributed by atoms with Crippen LogP contribution in [0.3, 0.4) is 0 Å². The predicted molar refractivity (Wildman–Crippen MR) is 72.6 cm³/mol. The highest BCUT2D eigenvalue weighted by Gasteiger charge is 2.02. The second kappa shape index (κ2) is 5.47. The maximum atomic E-state index is 4.32. The molecule has 4 heteroatoms. The third-order valence-corrected chi connectivity index (χ3v) is 3.45. The number of nitrogens with zero attached hydrogens (tertiary/aromatic N) is 2. The molecule has 2 rings (SSSR count). The van der Waals surface area contributed by atoms with Gasteiger partial charge < -0.3 is 5.32 Å². The molecule has 0 aliphatic rings. The summed E-state index contributed by atoms with van der Waals surface area (Å²) in [6.07, 6.45) is 0. The molecule has 0 unspecified atom stereocenters. The van der Waals surface area contributed by atoms with E-state index in [2.05, 4.69) is 50.6 Å². The second-order valence-electron chi connectivity index (χ2n) is 4.10. The van der Waals surface area contributed by atoms with E-state index in [1.165, 1.54) is 11.3 Å². The number of aryl methyl sites for hydroxylation is 2. The van der Waals surface area contributed by atoms with E-state index in [-0.39, 0.29) is 0 Å². The molecule has 1 heterocycles. The van der Waals surface area contributed by atoms with Gasteiger partial charge in [0.1, 0.15) is 0 Å². The molecular weight excluding hydrogens is 278 g/mol. The first-order valence-corrected chi connectivity index (χ1v) is 6.40. The normalized spacial score (nSPS) is 10.8. The fourth-order valence-corrected chi connectivity index (χ4v) is 2.22. The number of hydrogen-bond acceptors (Lipinski definition) is 2. The fourth-order valence-electron chi connectivity index (χ4n) is 1.80. The first kappa shape index (κ1) is 12.3. The lowest BCUT2D eigenvalue weighted by atomic mass is 10.2. The van der Waals surface area contributed by atoms with Crippen molar-refractivity contribution in [2.45, 2.75) is 20.0 Å². The van der Waals surface area contributed by atoms with Crippen molar-refractivity contribution in [2.24, 2.45) is 7.05 Å². The average molecular weight is 294 g/mol. The van der Waals surface area contributed by atoms with E-state index in [1.54, 1.807) is 0 Å². The van der Waals surface area contributed by atoms with Gasteiger partial charge in [-0.1, -0.05) is 34.1 Å². The number of hydrogen-bond donors (Lipinski definition) is 1. The minimum Gasteiger partial charge on any atom is -0.307 e. The molecule has 0 aliphatic heterocycles. The molecule has 0 saturated carbocycles. The van der Waals surface area contributed by atoms with Gasteiger partial charge in [-0.3, -0.25) is 4.68 Å². The molecule has 3 nitrogen and oxygen atoms in total. The van der Waals surface area contributed by atoms with Gasteiger partial charge in [-0.2, -0.15) is 5.10 Å². The summed E-state index contributed by atoms with van der Waals surface area (Å²) >= 11 is 3.54. The molecule has 0 atom stereocenters. The zero-order chi connectivity index (χ0) is 12.3. The summed E-state index contributed by atoms with van der Waals surface area (Å²) in [7, 11) is 1.97. The van der Waals surface area contributed by atoms with Crippen LogP contribution in [0.5, 0.6) is 0 Å². The van der Waals surface area contributed by atoms with Crippen LogP contribution in [0.25, 0.3) is 0 Å². The Bertz CT molecular complexity index is 505. The Morgan fingerprint density at radius 3 is 2.71 bits per heavy atom. The summed E-state index contributed by atoms with van der Waals surface area (Å²) in [4.78, 5) is 0. The van der Waals surface area contributed by atoms with Gasteiger partial charge in [0.25, 0.3) is 0 Å². The van der Waals surface area contributed by atoms with E-state index >= 15 is 0 Å². The summed E-state index contributed by atoms with van der Waals surface area (Å²) in [5, 5.41) is 7.74. The molecule has 90 valence electrons. The Hall–Kier alpha value is -1.13. The number of aromatic nitrogens is 2. The molecule has 0 saturated heterocycles. The highest BCUT2D eigenvalue weighted by atomic mass is 79.9. The number of halogens is 1. The van der Waals surface area contributed by atoms with Crippen LogP contribution in [0.4, 0.5) is 0 Å². The first-order valence-electron chi connectivity index (χ1n) is 5.60. The van der Waals surface area contributed by atoms with E-state index in [0.717, 1.165) is 23.3 Å². The van der Waals surface area contributed by atoms with E-state index in [4.69, 9.17) is 0 Å². The third kappa shape index (κ3) is 3.17. The zero-order valence-corrected chi connectivity index (χ0v) is 11.7. The standard InChI is InChI=1S/C13H16BrN3/c1-10-7-12(17(2)16-10)9-15-8-11-5-3-4-6-13(11)14/h3-7,15H,8-9H2,1-2H3. The van der Waals surface area contributed by atoms with E-state index in [0.29, 0.717) is 0 Å². The van der Waals surface area contributed by atoms with Gasteiger partial charge in [-0.15, -0.1) is 0 Å². The van der Waals surface area contributed by atoms with E-state index in [9.17, 15) is 0 Å². The maximum absolute atomic E-state index is 4.32. The summed E-state index contributed by atoms with van der Waals surface area (Å²) in [6, 6.07) is 10.4. The van der Waals surface area contributed by atoms with Gasteiger partial charge >= 0.3 is 0 Å². The fraction of sp³-hybridized carbons (Fsp3) is 0.308. The lowest BCUT2D eigenvalue weighted by molar-refractivity contribution is 0.624. The molecule has 0 bridgehead atoms. The minimum absolute atomic E-state index is 0.832. The summed E-state index contributed by atoms with van der Waals surface area (Å²) in [5.41, 5.74) is 3.53. The zero-order valence-electron chi connectivity index (χ0n) is 10.1. The molecule has 0 spiro atoms. The predicted octanol–water partition coefficient (Wildman–Crippen LogP) is 2.78. The van der Waals surface area contributed by atoms with Crippen LogP contribution in [-0.2, 0) is 20.1 Å². The highest BCUT2D eigenvalue weighted by Crippen LogP contribution is 2.15. The van der Waals surface area contributed by atoms with Crippen molar-refractivity contribution in [1.29, 1.82) is 0 Å². The smallest absolute Gasteiger partial charge is 0.0597 e. The Balaban J connectivity index is 1.92. The summed E-state index contributed by atoms with van der Waals surface area (Å²) < 4.78 is 3.07. The van der Waals surface area contributed by atoms with Crippen molar-refractivity contribution in [1.82, 2.24) is 15.1 Å². The minimum atomic E-state index is 0.832. The van der Waals surface area contributed by atoms with Gasteiger partial charge in [0, 0.05) is 24.6 Å². The van der Waals surface area contributed by atoms with Crippen LogP contribution in [0.1, 0.15) is 17.0 Å². The summed E-state index contributed by atoms with van der Waals surface area (Å²) in [5.74, 6) is 0. The van der Waals surface area contributed by atoms with Gasteiger partial charge in [0.15, 0.2) is 0 Å². The monoisotopic (exact) mass is 293 g/mol. The Labute approximate surface area is 110 Å². The van der Waals surface area contributed by atoms with Crippen molar-refractivity contribution in [3.8, 4) is 0 Å². The molecule has 1 aromatic carbocycles. The second-order valence-corrected chi connectivity index (χ2v) is 4.95. The molecule has 2 aromatic rings. The first-order chi connectivity index (χ1) is 8.16. The van der Waals surface area contributed by atoms with Crippen molar-refractivity contribution >= 4 is 15.9 Å². The van der Waals surface area contributed by atoms with E-state index < -0.39 is 0 Å². The van der Waals surface area contributed by atoms with Gasteiger partial charge in [0.05, 0.1) is 11.4 Å². The quantitative estimate of drug-likeness (QED) is 0.939. The van der Waals surface area contributed by atoms with Crippen LogP contribution in [0.15, 0.2) is 34.8 Å². The van der Waals surface area contributed by atoms with Crippen molar-refractivity contribution in [3.05, 3.63) is 51.8 Å². The Kier molecular flexibility index (Phi) is 3.97.